The molecule has 0 saturated heterocycles. The van der Waals surface area contributed by atoms with Gasteiger partial charge in [0, 0.05) is 0 Å². The topological polar surface area (TPSA) is 57.2 Å². The molecule has 0 unspecified atom stereocenters. The number of hydrogen-bond donors (Lipinski definition) is 0. The first-order valence-electron chi connectivity index (χ1n) is 11.7. The second kappa shape index (κ2) is 17.0. The van der Waals surface area contributed by atoms with E-state index in [2.05, 4.69) is 20.8 Å². The zero-order chi connectivity index (χ0) is 22.9. The maximum atomic E-state index is 10.4. The normalized spacial score (nSPS) is 11.8. The molecule has 0 fully saturated rings. The first-order chi connectivity index (χ1) is 14.2. The standard InChI is InChI=1S/C17H37ClN.C7H8O3S/c1-4-7-10-13-16-19(17-18,14-11-8-5-2)15-12-9-6-3;1-6-2-4-7(5-3-6)11(8,9)10/h4-17H2,1-3H3;2-5H,1H3,(H,8,9,10)/q+1;/p-1. The molecule has 1 rings (SSSR count). The molecule has 30 heavy (non-hydrogen) atoms. The molecule has 0 heterocycles. The van der Waals surface area contributed by atoms with Crippen molar-refractivity contribution in [2.45, 2.75) is 96.8 Å². The van der Waals surface area contributed by atoms with Gasteiger partial charge < -0.3 is 9.04 Å². The van der Waals surface area contributed by atoms with Gasteiger partial charge in [-0.25, -0.2) is 8.42 Å². The van der Waals surface area contributed by atoms with E-state index < -0.39 is 10.1 Å². The SMILES string of the molecule is CCCCCC[N+](CCl)(CCCCC)CCCCC.Cc1ccc(S(=O)(=O)[O-])cc1. The second-order valence-corrected chi connectivity index (χ2v) is 9.99. The lowest BCUT2D eigenvalue weighted by atomic mass is 10.1. The van der Waals surface area contributed by atoms with Gasteiger partial charge in [-0.05, 0) is 57.6 Å². The highest BCUT2D eigenvalue weighted by molar-refractivity contribution is 7.85. The van der Waals surface area contributed by atoms with Crippen LogP contribution in [0.4, 0.5) is 0 Å². The van der Waals surface area contributed by atoms with Crippen LogP contribution in [-0.4, -0.2) is 43.1 Å². The Morgan fingerprint density at radius 1 is 0.767 bits per heavy atom. The Hall–Kier alpha value is -0.620. The molecule has 0 bridgehead atoms. The molecule has 176 valence electrons. The van der Waals surface area contributed by atoms with E-state index in [1.165, 1.54) is 100 Å². The first-order valence-corrected chi connectivity index (χ1v) is 13.6. The van der Waals surface area contributed by atoms with Crippen LogP contribution in [0.2, 0.25) is 0 Å². The third-order valence-corrected chi connectivity index (χ3v) is 6.88. The van der Waals surface area contributed by atoms with Crippen molar-refractivity contribution in [1.82, 2.24) is 0 Å². The summed E-state index contributed by atoms with van der Waals surface area (Å²) in [6.07, 6.45) is 13.5. The highest BCUT2D eigenvalue weighted by atomic mass is 35.5. The van der Waals surface area contributed by atoms with E-state index in [1.54, 1.807) is 12.1 Å². The van der Waals surface area contributed by atoms with Crippen LogP contribution in [0.25, 0.3) is 0 Å². The van der Waals surface area contributed by atoms with Gasteiger partial charge in [0.05, 0.1) is 24.5 Å². The summed E-state index contributed by atoms with van der Waals surface area (Å²) >= 11 is 6.37. The Bertz CT molecular complexity index is 622. The van der Waals surface area contributed by atoms with Crippen LogP contribution in [0.3, 0.4) is 0 Å². The van der Waals surface area contributed by atoms with E-state index in [9.17, 15) is 13.0 Å². The lowest BCUT2D eigenvalue weighted by molar-refractivity contribution is -0.918. The quantitative estimate of drug-likeness (QED) is 0.0941. The van der Waals surface area contributed by atoms with Gasteiger partial charge in [-0.1, -0.05) is 75.8 Å². The average Bonchev–Trinajstić information content (AvgIpc) is 2.71. The van der Waals surface area contributed by atoms with Gasteiger partial charge in [0.2, 0.25) is 0 Å². The van der Waals surface area contributed by atoms with Crippen LogP contribution in [-0.2, 0) is 10.1 Å². The smallest absolute Gasteiger partial charge is 0.154 e. The van der Waals surface area contributed by atoms with E-state index in [0.717, 1.165) is 11.6 Å². The molecule has 0 atom stereocenters. The van der Waals surface area contributed by atoms with Gasteiger partial charge >= 0.3 is 0 Å². The Kier molecular flexibility index (Phi) is 16.6. The van der Waals surface area contributed by atoms with E-state index >= 15 is 0 Å². The van der Waals surface area contributed by atoms with Crippen LogP contribution in [0.15, 0.2) is 29.2 Å². The third-order valence-electron chi connectivity index (χ3n) is 5.52. The Balaban J connectivity index is 0.000000642. The van der Waals surface area contributed by atoms with Gasteiger partial charge in [-0.15, -0.1) is 0 Å². The van der Waals surface area contributed by atoms with Gasteiger partial charge in [0.1, 0.15) is 10.1 Å². The van der Waals surface area contributed by atoms with Crippen molar-refractivity contribution in [3.63, 3.8) is 0 Å². The number of hydrogen-bond acceptors (Lipinski definition) is 3. The van der Waals surface area contributed by atoms with Gasteiger partial charge in [-0.3, -0.25) is 0 Å². The fourth-order valence-electron chi connectivity index (χ4n) is 3.49. The summed E-state index contributed by atoms with van der Waals surface area (Å²) in [5.41, 5.74) is 0.928. The number of aryl methyl sites for hydroxylation is 1. The van der Waals surface area contributed by atoms with Crippen molar-refractivity contribution in [3.8, 4) is 0 Å². The van der Waals surface area contributed by atoms with Crippen molar-refractivity contribution in [3.05, 3.63) is 29.8 Å². The van der Waals surface area contributed by atoms with E-state index in [0.29, 0.717) is 0 Å². The molecular formula is C24H44ClNO3S. The minimum absolute atomic E-state index is 0.178. The van der Waals surface area contributed by atoms with Crippen molar-refractivity contribution >= 4 is 21.7 Å². The second-order valence-electron chi connectivity index (χ2n) is 8.37. The van der Waals surface area contributed by atoms with Crippen molar-refractivity contribution in [2.75, 3.05) is 25.6 Å². The van der Waals surface area contributed by atoms with E-state index in [-0.39, 0.29) is 4.90 Å². The lowest BCUT2D eigenvalue weighted by Crippen LogP contribution is -2.49. The molecule has 0 radical (unpaired) electrons. The third kappa shape index (κ3) is 13.6. The molecule has 0 aliphatic rings. The summed E-state index contributed by atoms with van der Waals surface area (Å²) in [4.78, 5) is -0.178. The molecule has 6 heteroatoms. The molecule has 0 spiro atoms. The Morgan fingerprint density at radius 2 is 1.17 bits per heavy atom. The number of halogens is 1. The van der Waals surface area contributed by atoms with Crippen molar-refractivity contribution in [2.24, 2.45) is 0 Å². The summed E-state index contributed by atoms with van der Waals surface area (Å²) in [6, 6.07) is 6.60. The largest absolute Gasteiger partial charge is 0.744 e. The average molecular weight is 462 g/mol. The maximum Gasteiger partial charge on any atom is 0.154 e. The predicted octanol–water partition coefficient (Wildman–Crippen LogP) is 6.86. The molecular weight excluding hydrogens is 418 g/mol. The fraction of sp³-hybridized carbons (Fsp3) is 0.750. The van der Waals surface area contributed by atoms with Crippen LogP contribution >= 0.6 is 11.6 Å². The minimum Gasteiger partial charge on any atom is -0.744 e. The summed E-state index contributed by atoms with van der Waals surface area (Å²) in [7, 11) is -4.27. The maximum absolute atomic E-state index is 10.4. The predicted molar refractivity (Wildman–Crippen MR) is 128 cm³/mol. The highest BCUT2D eigenvalue weighted by Gasteiger charge is 2.24. The number of benzene rings is 1. The number of nitrogens with zero attached hydrogens (tertiary/aromatic N) is 1. The molecule has 0 amide bonds. The van der Waals surface area contributed by atoms with Gasteiger partial charge in [0.15, 0.2) is 6.00 Å². The van der Waals surface area contributed by atoms with E-state index in [4.69, 9.17) is 11.6 Å². The number of rotatable bonds is 15. The van der Waals surface area contributed by atoms with Crippen LogP contribution in [0, 0.1) is 6.92 Å². The molecule has 1 aromatic carbocycles. The zero-order valence-corrected chi connectivity index (χ0v) is 21.2. The molecule has 0 aromatic heterocycles. The molecule has 0 saturated carbocycles. The van der Waals surface area contributed by atoms with Crippen LogP contribution < -0.4 is 0 Å². The molecule has 0 aliphatic heterocycles. The fourth-order valence-corrected chi connectivity index (χ4v) is 4.32. The molecule has 0 N–H and O–H groups in total. The number of quaternary nitrogens is 1. The Labute approximate surface area is 191 Å². The summed E-state index contributed by atoms with van der Waals surface area (Å²) in [6.45, 7) is 12.6. The van der Waals surface area contributed by atoms with Crippen LogP contribution in [0.1, 0.15) is 90.5 Å². The number of unbranched alkanes of at least 4 members (excludes halogenated alkanes) is 7. The molecule has 1 aromatic rings. The number of alkyl halides is 1. The molecule has 0 aliphatic carbocycles. The summed E-state index contributed by atoms with van der Waals surface area (Å²) in [5.74, 6) is 0. The van der Waals surface area contributed by atoms with Crippen molar-refractivity contribution in [1.29, 1.82) is 0 Å². The van der Waals surface area contributed by atoms with Crippen molar-refractivity contribution < 1.29 is 17.5 Å². The lowest BCUT2D eigenvalue weighted by Gasteiger charge is -2.37. The van der Waals surface area contributed by atoms with E-state index in [1.807, 2.05) is 6.92 Å². The summed E-state index contributed by atoms with van der Waals surface area (Å²) in [5, 5.41) is 0. The monoisotopic (exact) mass is 461 g/mol. The summed E-state index contributed by atoms with van der Waals surface area (Å²) < 4.78 is 32.3. The first kappa shape index (κ1) is 29.4. The van der Waals surface area contributed by atoms with Gasteiger partial charge in [0.25, 0.3) is 0 Å². The van der Waals surface area contributed by atoms with Crippen LogP contribution in [0.5, 0.6) is 0 Å². The highest BCUT2D eigenvalue weighted by Crippen LogP contribution is 2.17. The Morgan fingerprint density at radius 3 is 1.53 bits per heavy atom. The minimum atomic E-state index is -4.27. The van der Waals surface area contributed by atoms with Gasteiger partial charge in [-0.2, -0.15) is 0 Å². The zero-order valence-electron chi connectivity index (χ0n) is 19.7. The molecule has 4 nitrogen and oxygen atoms in total.